The fourth-order valence-electron chi connectivity index (χ4n) is 3.71. The molecule has 0 aliphatic carbocycles. The fourth-order valence-corrected chi connectivity index (χ4v) is 3.71. The van der Waals surface area contributed by atoms with Crippen LogP contribution >= 0.6 is 0 Å². The van der Waals surface area contributed by atoms with Gasteiger partial charge in [-0.15, -0.1) is 0 Å². The molecule has 4 aromatic rings. The molecule has 0 saturated carbocycles. The Kier molecular flexibility index (Phi) is 2.00. The highest BCUT2D eigenvalue weighted by Crippen LogP contribution is 2.45. The van der Waals surface area contributed by atoms with E-state index in [1.165, 1.54) is 27.5 Å². The Bertz CT molecular complexity index is 1060. The number of rotatable bonds is 0. The third-order valence-corrected chi connectivity index (χ3v) is 4.78. The van der Waals surface area contributed by atoms with Gasteiger partial charge in [0.15, 0.2) is 0 Å². The quantitative estimate of drug-likeness (QED) is 0.496. The van der Waals surface area contributed by atoms with Crippen LogP contribution in [0.15, 0.2) is 49.2 Å². The molecular weight excluding hydrogens is 272 g/mol. The lowest BCUT2D eigenvalue weighted by Crippen LogP contribution is -2.27. The third kappa shape index (κ3) is 1.21. The van der Waals surface area contributed by atoms with Crippen molar-refractivity contribution in [3.05, 3.63) is 60.4 Å². The number of hydrogen-bond donors (Lipinski definition) is 0. The first kappa shape index (κ1) is 11.9. The molecule has 0 fully saturated rings. The number of aromatic nitrogens is 4. The molecule has 0 N–H and O–H groups in total. The molecule has 0 unspecified atom stereocenters. The second-order valence-corrected chi connectivity index (χ2v) is 6.30. The van der Waals surface area contributed by atoms with Crippen LogP contribution in [0.25, 0.3) is 27.5 Å². The van der Waals surface area contributed by atoms with Gasteiger partial charge in [0.25, 0.3) is 0 Å². The molecule has 0 saturated heterocycles. The maximum atomic E-state index is 4.72. The standard InChI is InChI=1S/C18H14N4/c1-18(2)13-9-19-7-5-14(13)22-15-10-20-6-3-11(15)12-4-8-21-17(18)16(12)22/h3-10H,1-2H3. The van der Waals surface area contributed by atoms with Gasteiger partial charge in [-0.3, -0.25) is 15.0 Å². The van der Waals surface area contributed by atoms with Crippen LogP contribution in [-0.2, 0) is 5.41 Å². The van der Waals surface area contributed by atoms with Gasteiger partial charge >= 0.3 is 0 Å². The van der Waals surface area contributed by atoms with Gasteiger partial charge in [0, 0.05) is 46.5 Å². The Morgan fingerprint density at radius 2 is 1.68 bits per heavy atom. The van der Waals surface area contributed by atoms with Crippen molar-refractivity contribution in [2.75, 3.05) is 0 Å². The molecule has 5 rings (SSSR count). The average Bonchev–Trinajstić information content (AvgIpc) is 2.88. The zero-order valence-electron chi connectivity index (χ0n) is 12.4. The zero-order valence-corrected chi connectivity index (χ0v) is 12.4. The summed E-state index contributed by atoms with van der Waals surface area (Å²) in [7, 11) is 0. The minimum atomic E-state index is -0.166. The molecule has 0 radical (unpaired) electrons. The topological polar surface area (TPSA) is 43.6 Å². The van der Waals surface area contributed by atoms with E-state index in [1.807, 2.05) is 31.0 Å². The molecule has 22 heavy (non-hydrogen) atoms. The Morgan fingerprint density at radius 1 is 0.909 bits per heavy atom. The van der Waals surface area contributed by atoms with Crippen molar-refractivity contribution in [1.29, 1.82) is 0 Å². The maximum absolute atomic E-state index is 4.72. The molecule has 1 aliphatic rings. The van der Waals surface area contributed by atoms with Crippen molar-refractivity contribution in [2.45, 2.75) is 19.3 Å². The summed E-state index contributed by atoms with van der Waals surface area (Å²) in [6, 6.07) is 6.26. The van der Waals surface area contributed by atoms with Gasteiger partial charge in [-0.2, -0.15) is 0 Å². The van der Waals surface area contributed by atoms with E-state index in [0.717, 1.165) is 11.2 Å². The van der Waals surface area contributed by atoms with E-state index in [4.69, 9.17) is 4.98 Å². The average molecular weight is 286 g/mol. The Labute approximate surface area is 127 Å². The molecule has 1 aliphatic heterocycles. The van der Waals surface area contributed by atoms with Gasteiger partial charge in [0.2, 0.25) is 0 Å². The molecule has 106 valence electrons. The summed E-state index contributed by atoms with van der Waals surface area (Å²) in [6.07, 6.45) is 9.50. The Balaban J connectivity index is 2.15. The fraction of sp³-hybridized carbons (Fsp3) is 0.167. The normalized spacial score (nSPS) is 15.2. The zero-order chi connectivity index (χ0) is 14.9. The van der Waals surface area contributed by atoms with Crippen molar-refractivity contribution in [1.82, 2.24) is 19.5 Å². The number of nitrogens with zero attached hydrogens (tertiary/aromatic N) is 4. The molecule has 5 heterocycles. The summed E-state index contributed by atoms with van der Waals surface area (Å²) in [5.41, 5.74) is 5.61. The molecule has 4 nitrogen and oxygen atoms in total. The Hall–Kier alpha value is -2.75. The predicted molar refractivity (Wildman–Crippen MR) is 86.3 cm³/mol. The van der Waals surface area contributed by atoms with E-state index in [0.29, 0.717) is 0 Å². The van der Waals surface area contributed by atoms with Crippen LogP contribution in [0.3, 0.4) is 0 Å². The first-order chi connectivity index (χ1) is 10.7. The summed E-state index contributed by atoms with van der Waals surface area (Å²) in [6.45, 7) is 4.43. The monoisotopic (exact) mass is 286 g/mol. The summed E-state index contributed by atoms with van der Waals surface area (Å²) < 4.78 is 2.28. The first-order valence-corrected chi connectivity index (χ1v) is 7.38. The summed E-state index contributed by atoms with van der Waals surface area (Å²) >= 11 is 0. The highest BCUT2D eigenvalue weighted by Gasteiger charge is 2.36. The molecule has 0 bridgehead atoms. The van der Waals surface area contributed by atoms with Crippen molar-refractivity contribution >= 4 is 21.8 Å². The Morgan fingerprint density at radius 3 is 2.59 bits per heavy atom. The van der Waals surface area contributed by atoms with Crippen LogP contribution in [0.4, 0.5) is 0 Å². The van der Waals surface area contributed by atoms with Crippen LogP contribution in [-0.4, -0.2) is 19.5 Å². The maximum Gasteiger partial charge on any atom is 0.0766 e. The highest BCUT2D eigenvalue weighted by atomic mass is 15.0. The molecule has 0 spiro atoms. The van der Waals surface area contributed by atoms with Crippen LogP contribution in [0.5, 0.6) is 0 Å². The lowest BCUT2D eigenvalue weighted by molar-refractivity contribution is 0.604. The van der Waals surface area contributed by atoms with Gasteiger partial charge in [0.05, 0.1) is 28.6 Å². The van der Waals surface area contributed by atoms with Gasteiger partial charge in [-0.1, -0.05) is 0 Å². The van der Waals surface area contributed by atoms with E-state index in [1.54, 1.807) is 0 Å². The first-order valence-electron chi connectivity index (χ1n) is 7.38. The number of fused-ring (bicyclic) bond motifs is 5. The number of hydrogen-bond acceptors (Lipinski definition) is 3. The van der Waals surface area contributed by atoms with Crippen molar-refractivity contribution in [3.8, 4) is 5.69 Å². The van der Waals surface area contributed by atoms with Crippen molar-refractivity contribution < 1.29 is 0 Å². The SMILES string of the molecule is CC1(C)c2cnccc2-n2c3cnccc3c3ccnc1c32. The van der Waals surface area contributed by atoms with Crippen LogP contribution in [0.1, 0.15) is 25.1 Å². The lowest BCUT2D eigenvalue weighted by atomic mass is 9.78. The smallest absolute Gasteiger partial charge is 0.0766 e. The van der Waals surface area contributed by atoms with E-state index in [-0.39, 0.29) is 5.41 Å². The summed E-state index contributed by atoms with van der Waals surface area (Å²) in [4.78, 5) is 13.4. The predicted octanol–water partition coefficient (Wildman–Crippen LogP) is 3.61. The minimum Gasteiger partial charge on any atom is -0.305 e. The third-order valence-electron chi connectivity index (χ3n) is 4.78. The van der Waals surface area contributed by atoms with Gasteiger partial charge < -0.3 is 4.57 Å². The highest BCUT2D eigenvalue weighted by molar-refractivity contribution is 6.10. The van der Waals surface area contributed by atoms with Gasteiger partial charge in [-0.25, -0.2) is 0 Å². The second kappa shape index (κ2) is 3.71. The van der Waals surface area contributed by atoms with Gasteiger partial charge in [-0.05, 0) is 32.0 Å². The molecule has 0 amide bonds. The second-order valence-electron chi connectivity index (χ2n) is 6.30. The van der Waals surface area contributed by atoms with Gasteiger partial charge in [0.1, 0.15) is 0 Å². The summed E-state index contributed by atoms with van der Waals surface area (Å²) in [5.74, 6) is 0. The molecular formula is C18H14N4. The summed E-state index contributed by atoms with van der Waals surface area (Å²) in [5, 5.41) is 2.45. The molecule has 4 heteroatoms. The van der Waals surface area contributed by atoms with E-state index >= 15 is 0 Å². The van der Waals surface area contributed by atoms with Crippen LogP contribution in [0, 0.1) is 0 Å². The van der Waals surface area contributed by atoms with E-state index in [9.17, 15) is 0 Å². The molecule has 0 atom stereocenters. The van der Waals surface area contributed by atoms with E-state index < -0.39 is 0 Å². The largest absolute Gasteiger partial charge is 0.305 e. The molecule has 4 aromatic heterocycles. The van der Waals surface area contributed by atoms with Crippen molar-refractivity contribution in [3.63, 3.8) is 0 Å². The lowest BCUT2D eigenvalue weighted by Gasteiger charge is -2.32. The molecule has 0 aromatic carbocycles. The van der Waals surface area contributed by atoms with E-state index in [2.05, 4.69) is 46.6 Å². The number of pyridine rings is 3. The minimum absolute atomic E-state index is 0.166. The van der Waals surface area contributed by atoms with Crippen molar-refractivity contribution in [2.24, 2.45) is 0 Å². The van der Waals surface area contributed by atoms with Crippen LogP contribution < -0.4 is 0 Å². The van der Waals surface area contributed by atoms with Crippen LogP contribution in [0.2, 0.25) is 0 Å².